The summed E-state index contributed by atoms with van der Waals surface area (Å²) >= 11 is 0. The number of hydrogen-bond donors (Lipinski definition) is 2. The number of aliphatic hydroxyl groups is 1. The molecule has 124 valence electrons. The number of nitrogens with one attached hydrogen (secondary N) is 1. The maximum absolute atomic E-state index is 12.2. The third-order valence-corrected chi connectivity index (χ3v) is 3.29. The monoisotopic (exact) mass is 317 g/mol. The maximum Gasteiger partial charge on any atom is 0.322 e. The zero-order chi connectivity index (χ0) is 17.0. The van der Waals surface area contributed by atoms with E-state index in [2.05, 4.69) is 16.9 Å². The molecule has 0 atom stereocenters. The molecule has 2 N–H and O–H groups in total. The van der Waals surface area contributed by atoms with Crippen LogP contribution in [0.3, 0.4) is 0 Å². The third kappa shape index (κ3) is 4.10. The number of urea groups is 1. The Balaban J connectivity index is 2.20. The number of aromatic nitrogens is 1. The lowest BCUT2D eigenvalue weighted by atomic mass is 9.97. The van der Waals surface area contributed by atoms with E-state index in [0.717, 1.165) is 0 Å². The minimum absolute atomic E-state index is 0.0987. The van der Waals surface area contributed by atoms with Gasteiger partial charge in [-0.2, -0.15) is 0 Å². The van der Waals surface area contributed by atoms with Crippen LogP contribution < -0.4 is 5.32 Å². The normalized spacial score (nSPS) is 11.5. The number of carbonyl (C=O) groups excluding carboxylic acids is 1. The first-order valence-corrected chi connectivity index (χ1v) is 7.54. The molecule has 0 saturated carbocycles. The van der Waals surface area contributed by atoms with Gasteiger partial charge in [-0.05, 0) is 18.2 Å². The summed E-state index contributed by atoms with van der Waals surface area (Å²) in [6.07, 6.45) is 1.62. The molecule has 2 aromatic rings. The van der Waals surface area contributed by atoms with Gasteiger partial charge in [0.25, 0.3) is 0 Å². The van der Waals surface area contributed by atoms with Gasteiger partial charge in [-0.1, -0.05) is 26.8 Å². The number of benzene rings is 1. The Morgan fingerprint density at radius 2 is 2.22 bits per heavy atom. The lowest BCUT2D eigenvalue weighted by Gasteiger charge is -2.20. The van der Waals surface area contributed by atoms with Crippen LogP contribution >= 0.6 is 0 Å². The molecule has 1 heterocycles. The van der Waals surface area contributed by atoms with Gasteiger partial charge in [0.05, 0.1) is 6.61 Å². The molecule has 1 aromatic heterocycles. The fourth-order valence-electron chi connectivity index (χ4n) is 2.08. The maximum atomic E-state index is 12.2. The summed E-state index contributed by atoms with van der Waals surface area (Å²) in [7, 11) is 0. The lowest BCUT2D eigenvalue weighted by Crippen LogP contribution is -2.37. The molecule has 0 aliphatic heterocycles. The summed E-state index contributed by atoms with van der Waals surface area (Å²) in [5, 5.41) is 11.8. The van der Waals surface area contributed by atoms with Crippen LogP contribution in [0.1, 0.15) is 26.7 Å². The molecule has 0 unspecified atom stereocenters. The number of rotatable bonds is 5. The average molecular weight is 317 g/mol. The van der Waals surface area contributed by atoms with Gasteiger partial charge in [-0.15, -0.1) is 6.58 Å². The fourth-order valence-corrected chi connectivity index (χ4v) is 2.08. The van der Waals surface area contributed by atoms with Crippen molar-refractivity contribution in [1.82, 2.24) is 9.88 Å². The van der Waals surface area contributed by atoms with Crippen LogP contribution in [0, 0.1) is 0 Å². The molecule has 0 fully saturated rings. The average Bonchev–Trinajstić information content (AvgIpc) is 2.90. The molecule has 0 aliphatic rings. The van der Waals surface area contributed by atoms with E-state index in [1.807, 2.05) is 20.8 Å². The fraction of sp³-hybridized carbons (Fsp3) is 0.412. The highest BCUT2D eigenvalue weighted by Crippen LogP contribution is 2.27. The Bertz CT molecular complexity index is 701. The molecule has 2 amide bonds. The molecule has 0 spiro atoms. The lowest BCUT2D eigenvalue weighted by molar-refractivity contribution is 0.195. The van der Waals surface area contributed by atoms with Crippen LogP contribution in [0.5, 0.6) is 0 Å². The van der Waals surface area contributed by atoms with Gasteiger partial charge >= 0.3 is 6.03 Å². The van der Waals surface area contributed by atoms with Crippen LogP contribution in [-0.2, 0) is 5.41 Å². The van der Waals surface area contributed by atoms with Gasteiger partial charge in [0.2, 0.25) is 5.89 Å². The molecule has 0 saturated heterocycles. The van der Waals surface area contributed by atoms with Crippen LogP contribution in [0.2, 0.25) is 0 Å². The second kappa shape index (κ2) is 6.83. The topological polar surface area (TPSA) is 78.6 Å². The Kier molecular flexibility index (Phi) is 5.05. The first kappa shape index (κ1) is 17.0. The van der Waals surface area contributed by atoms with Gasteiger partial charge in [0, 0.05) is 24.2 Å². The van der Waals surface area contributed by atoms with Gasteiger partial charge in [0.15, 0.2) is 5.58 Å². The van der Waals surface area contributed by atoms with E-state index < -0.39 is 0 Å². The smallest absolute Gasteiger partial charge is 0.322 e. The number of hydrogen-bond acceptors (Lipinski definition) is 4. The highest BCUT2D eigenvalue weighted by atomic mass is 16.3. The van der Waals surface area contributed by atoms with E-state index >= 15 is 0 Å². The molecule has 0 aliphatic carbocycles. The molecule has 6 nitrogen and oxygen atoms in total. The molecule has 2 rings (SSSR count). The van der Waals surface area contributed by atoms with E-state index in [4.69, 9.17) is 9.52 Å². The summed E-state index contributed by atoms with van der Waals surface area (Å²) in [5.41, 5.74) is 1.84. The van der Waals surface area contributed by atoms with Crippen molar-refractivity contribution in [3.8, 4) is 0 Å². The summed E-state index contributed by atoms with van der Waals surface area (Å²) in [4.78, 5) is 18.2. The molecular formula is C17H23N3O3. The first-order chi connectivity index (χ1) is 10.8. The highest BCUT2D eigenvalue weighted by Gasteiger charge is 2.21. The van der Waals surface area contributed by atoms with E-state index in [9.17, 15) is 4.79 Å². The van der Waals surface area contributed by atoms with E-state index in [0.29, 0.717) is 29.2 Å². The molecule has 0 bridgehead atoms. The number of carbonyl (C=O) groups is 1. The SMILES string of the molecule is C=CCN(CCO)C(=O)Nc1ccc2oc(C(C)(C)C)nc2c1. The van der Waals surface area contributed by atoms with Crippen LogP contribution in [0.15, 0.2) is 35.3 Å². The minimum atomic E-state index is -0.294. The molecule has 1 aromatic carbocycles. The molecule has 6 heteroatoms. The molecule has 0 radical (unpaired) electrons. The zero-order valence-corrected chi connectivity index (χ0v) is 13.8. The number of oxazole rings is 1. The summed E-state index contributed by atoms with van der Waals surface area (Å²) in [5.74, 6) is 0.657. The molecule has 23 heavy (non-hydrogen) atoms. The third-order valence-electron chi connectivity index (χ3n) is 3.29. The Morgan fingerprint density at radius 1 is 1.48 bits per heavy atom. The zero-order valence-electron chi connectivity index (χ0n) is 13.8. The van der Waals surface area contributed by atoms with Crippen LogP contribution in [0.4, 0.5) is 10.5 Å². The van der Waals surface area contributed by atoms with Crippen molar-refractivity contribution < 1.29 is 14.3 Å². The van der Waals surface area contributed by atoms with Gasteiger partial charge in [-0.3, -0.25) is 0 Å². The van der Waals surface area contributed by atoms with Crippen LogP contribution in [-0.4, -0.2) is 40.7 Å². The van der Waals surface area contributed by atoms with Crippen molar-refractivity contribution in [3.63, 3.8) is 0 Å². The van der Waals surface area contributed by atoms with E-state index in [1.54, 1.807) is 24.3 Å². The number of aliphatic hydroxyl groups excluding tert-OH is 1. The van der Waals surface area contributed by atoms with Gasteiger partial charge in [-0.25, -0.2) is 9.78 Å². The van der Waals surface area contributed by atoms with Crippen molar-refractivity contribution in [3.05, 3.63) is 36.7 Å². The highest BCUT2D eigenvalue weighted by molar-refractivity contribution is 5.91. The quantitative estimate of drug-likeness (QED) is 0.830. The van der Waals surface area contributed by atoms with Crippen molar-refractivity contribution in [2.75, 3.05) is 25.0 Å². The standard InChI is InChI=1S/C17H23N3O3/c1-5-8-20(9-10-21)16(22)18-12-6-7-14-13(11-12)19-15(23-14)17(2,3)4/h5-7,11,21H,1,8-10H2,2-4H3,(H,18,22). The predicted molar refractivity (Wildman–Crippen MR) is 90.6 cm³/mol. The van der Waals surface area contributed by atoms with Crippen molar-refractivity contribution in [2.24, 2.45) is 0 Å². The van der Waals surface area contributed by atoms with Crippen molar-refractivity contribution in [1.29, 1.82) is 0 Å². The Morgan fingerprint density at radius 3 is 2.83 bits per heavy atom. The largest absolute Gasteiger partial charge is 0.440 e. The van der Waals surface area contributed by atoms with Crippen molar-refractivity contribution in [2.45, 2.75) is 26.2 Å². The molecular weight excluding hydrogens is 294 g/mol. The Labute approximate surface area is 135 Å². The summed E-state index contributed by atoms with van der Waals surface area (Å²) in [6, 6.07) is 5.04. The second-order valence-electron chi connectivity index (χ2n) is 6.34. The van der Waals surface area contributed by atoms with Crippen LogP contribution in [0.25, 0.3) is 11.1 Å². The number of anilines is 1. The van der Waals surface area contributed by atoms with E-state index in [1.165, 1.54) is 4.90 Å². The second-order valence-corrected chi connectivity index (χ2v) is 6.34. The summed E-state index contributed by atoms with van der Waals surface area (Å²) in [6.45, 7) is 10.2. The number of amides is 2. The number of nitrogens with zero attached hydrogens (tertiary/aromatic N) is 2. The summed E-state index contributed by atoms with van der Waals surface area (Å²) < 4.78 is 5.74. The van der Waals surface area contributed by atoms with Gasteiger partial charge < -0.3 is 19.7 Å². The predicted octanol–water partition coefficient (Wildman–Crippen LogP) is 3.14. The van der Waals surface area contributed by atoms with Crippen molar-refractivity contribution >= 4 is 22.8 Å². The number of fused-ring (bicyclic) bond motifs is 1. The minimum Gasteiger partial charge on any atom is -0.440 e. The Hall–Kier alpha value is -2.34. The van der Waals surface area contributed by atoms with Gasteiger partial charge in [0.1, 0.15) is 5.52 Å². The first-order valence-electron chi connectivity index (χ1n) is 7.54. The van der Waals surface area contributed by atoms with E-state index in [-0.39, 0.29) is 24.6 Å².